The normalized spacial score (nSPS) is 13.0. The maximum Gasteiger partial charge on any atom is 0.417 e. The molecule has 35 heavy (non-hydrogen) atoms. The van der Waals surface area contributed by atoms with Crippen molar-refractivity contribution in [1.29, 1.82) is 0 Å². The molecule has 0 spiro atoms. The third-order valence-corrected chi connectivity index (χ3v) is 6.33. The summed E-state index contributed by atoms with van der Waals surface area (Å²) in [5.74, 6) is -2.54. The maximum atomic E-state index is 13.4. The van der Waals surface area contributed by atoms with E-state index in [1.54, 1.807) is 0 Å². The lowest BCUT2D eigenvalue weighted by Crippen LogP contribution is -2.16. The Morgan fingerprint density at radius 1 is 1.11 bits per heavy atom. The molecule has 0 saturated heterocycles. The van der Waals surface area contributed by atoms with Crippen molar-refractivity contribution in [3.05, 3.63) is 77.2 Å². The van der Waals surface area contributed by atoms with E-state index in [1.807, 2.05) is 0 Å². The van der Waals surface area contributed by atoms with Gasteiger partial charge in [-0.15, -0.1) is 0 Å². The van der Waals surface area contributed by atoms with Gasteiger partial charge in [0.1, 0.15) is 17.1 Å². The number of alkyl halides is 3. The number of aromatic nitrogens is 1. The van der Waals surface area contributed by atoms with E-state index in [9.17, 15) is 31.4 Å². The van der Waals surface area contributed by atoms with Gasteiger partial charge in [-0.3, -0.25) is 9.59 Å². The van der Waals surface area contributed by atoms with E-state index in [2.05, 4.69) is 14.7 Å². The van der Waals surface area contributed by atoms with Gasteiger partial charge in [-0.05, 0) is 55.0 Å². The van der Waals surface area contributed by atoms with Crippen LogP contribution in [0.15, 0.2) is 64.0 Å². The van der Waals surface area contributed by atoms with Gasteiger partial charge >= 0.3 is 6.18 Å². The smallest absolute Gasteiger partial charge is 0.417 e. The number of ether oxygens (including phenoxy) is 1. The summed E-state index contributed by atoms with van der Waals surface area (Å²) in [6.07, 6.45) is -3.03. The van der Waals surface area contributed by atoms with Crippen molar-refractivity contribution in [2.24, 2.45) is 4.36 Å². The molecular weight excluding hydrogens is 490 g/mol. The monoisotopic (exact) mass is 509 g/mol. The van der Waals surface area contributed by atoms with Crippen molar-refractivity contribution in [3.63, 3.8) is 0 Å². The molecule has 2 aromatic carbocycles. The fourth-order valence-corrected chi connectivity index (χ4v) is 4.26. The van der Waals surface area contributed by atoms with Crippen LogP contribution in [0.5, 0.6) is 11.6 Å². The number of rotatable bonds is 5. The molecule has 12 heteroatoms. The lowest BCUT2D eigenvalue weighted by atomic mass is 10.1. The second-order valence-corrected chi connectivity index (χ2v) is 9.74. The zero-order valence-corrected chi connectivity index (χ0v) is 19.5. The summed E-state index contributed by atoms with van der Waals surface area (Å²) in [4.78, 5) is 28.0. The molecule has 184 valence electrons. The number of benzene rings is 2. The van der Waals surface area contributed by atoms with E-state index in [-0.39, 0.29) is 16.3 Å². The molecule has 1 atom stereocenters. The number of carbonyl (C=O) groups excluding carboxylic acids is 2. The average molecular weight is 509 g/mol. The second-order valence-electron chi connectivity index (χ2n) is 7.48. The molecule has 0 aliphatic heterocycles. The highest BCUT2D eigenvalue weighted by molar-refractivity contribution is 7.93. The third-order valence-electron chi connectivity index (χ3n) is 4.60. The van der Waals surface area contributed by atoms with Crippen molar-refractivity contribution >= 4 is 27.2 Å². The van der Waals surface area contributed by atoms with E-state index >= 15 is 0 Å². The van der Waals surface area contributed by atoms with E-state index < -0.39 is 50.5 Å². The van der Waals surface area contributed by atoms with Crippen LogP contribution in [-0.2, 0) is 20.7 Å². The summed E-state index contributed by atoms with van der Waals surface area (Å²) in [5, 5.41) is 2.41. The number of anilines is 1. The van der Waals surface area contributed by atoms with Gasteiger partial charge in [-0.1, -0.05) is 6.07 Å². The number of amides is 2. The Balaban J connectivity index is 2.01. The van der Waals surface area contributed by atoms with Gasteiger partial charge in [0.2, 0.25) is 5.88 Å². The summed E-state index contributed by atoms with van der Waals surface area (Å²) < 4.78 is 75.1. The van der Waals surface area contributed by atoms with E-state index in [4.69, 9.17) is 4.74 Å². The minimum Gasteiger partial charge on any atom is -0.438 e. The van der Waals surface area contributed by atoms with E-state index in [0.29, 0.717) is 17.8 Å². The van der Waals surface area contributed by atoms with E-state index in [0.717, 1.165) is 19.1 Å². The van der Waals surface area contributed by atoms with Crippen LogP contribution in [0.1, 0.15) is 28.4 Å². The van der Waals surface area contributed by atoms with Crippen molar-refractivity contribution in [3.8, 4) is 11.6 Å². The summed E-state index contributed by atoms with van der Waals surface area (Å²) in [5.41, 5.74) is -1.31. The molecule has 3 rings (SSSR count). The lowest BCUT2D eigenvalue weighted by molar-refractivity contribution is -0.137. The van der Waals surface area contributed by atoms with Crippen molar-refractivity contribution in [1.82, 2.24) is 4.98 Å². The SMILES string of the molecule is CC(=O)N=S(C)(=O)c1cccc(NC(=O)c2cc(C(F)(F)F)cnc2Oc2ccc(F)cc2C)c1. The summed E-state index contributed by atoms with van der Waals surface area (Å²) >= 11 is 0. The lowest BCUT2D eigenvalue weighted by Gasteiger charge is -2.15. The largest absolute Gasteiger partial charge is 0.438 e. The standard InChI is InChI=1S/C23H19F4N3O4S/c1-13-9-16(24)7-8-20(13)34-22-19(10-15(12-28-22)23(25,26)27)21(32)29-17-5-4-6-18(11-17)35(3,33)30-14(2)31/h4-12H,1-3H3,(H,29,32). The first kappa shape index (κ1) is 25.8. The molecule has 0 aliphatic rings. The van der Waals surface area contributed by atoms with Crippen LogP contribution in [0.2, 0.25) is 0 Å². The predicted octanol–water partition coefficient (Wildman–Crippen LogP) is 5.60. The Bertz CT molecular complexity index is 1430. The van der Waals surface area contributed by atoms with Gasteiger partial charge in [0.15, 0.2) is 0 Å². The highest BCUT2D eigenvalue weighted by Crippen LogP contribution is 2.34. The molecular formula is C23H19F4N3O4S. The Kier molecular flexibility index (Phi) is 7.25. The Labute approximate surface area is 198 Å². The fraction of sp³-hybridized carbons (Fsp3) is 0.174. The summed E-state index contributed by atoms with van der Waals surface area (Å²) in [7, 11) is -3.11. The van der Waals surface area contributed by atoms with Crippen LogP contribution in [0.4, 0.5) is 23.2 Å². The number of nitrogens with zero attached hydrogens (tertiary/aromatic N) is 2. The second kappa shape index (κ2) is 9.82. The van der Waals surface area contributed by atoms with Gasteiger partial charge in [0, 0.05) is 30.0 Å². The van der Waals surface area contributed by atoms with Crippen LogP contribution in [0.25, 0.3) is 0 Å². The highest BCUT2D eigenvalue weighted by atomic mass is 32.2. The number of hydrogen-bond acceptors (Lipinski definition) is 5. The molecule has 0 bridgehead atoms. The fourth-order valence-electron chi connectivity index (χ4n) is 2.99. The highest BCUT2D eigenvalue weighted by Gasteiger charge is 2.33. The van der Waals surface area contributed by atoms with Gasteiger partial charge in [-0.25, -0.2) is 13.6 Å². The van der Waals surface area contributed by atoms with Gasteiger partial charge in [0.05, 0.1) is 15.3 Å². The third kappa shape index (κ3) is 6.41. The van der Waals surface area contributed by atoms with Crippen LogP contribution < -0.4 is 10.1 Å². The first-order chi connectivity index (χ1) is 16.3. The molecule has 0 saturated carbocycles. The quantitative estimate of drug-likeness (QED) is 0.452. The van der Waals surface area contributed by atoms with Gasteiger partial charge in [-0.2, -0.15) is 17.5 Å². The van der Waals surface area contributed by atoms with Crippen molar-refractivity contribution in [2.45, 2.75) is 24.9 Å². The van der Waals surface area contributed by atoms with E-state index in [1.165, 1.54) is 43.5 Å². The van der Waals surface area contributed by atoms with Crippen LogP contribution in [0, 0.1) is 12.7 Å². The molecule has 7 nitrogen and oxygen atoms in total. The van der Waals surface area contributed by atoms with Crippen LogP contribution in [-0.4, -0.2) is 27.3 Å². The van der Waals surface area contributed by atoms with Crippen LogP contribution in [0.3, 0.4) is 0 Å². The Morgan fingerprint density at radius 3 is 2.46 bits per heavy atom. The average Bonchev–Trinajstić information content (AvgIpc) is 2.74. The molecule has 0 radical (unpaired) electrons. The molecule has 1 unspecified atom stereocenters. The first-order valence-electron chi connectivity index (χ1n) is 9.91. The zero-order chi connectivity index (χ0) is 26.0. The van der Waals surface area contributed by atoms with Crippen LogP contribution >= 0.6 is 0 Å². The number of aryl methyl sites for hydroxylation is 1. The van der Waals surface area contributed by atoms with Crippen molar-refractivity contribution < 1.29 is 36.1 Å². The predicted molar refractivity (Wildman–Crippen MR) is 120 cm³/mol. The van der Waals surface area contributed by atoms with Gasteiger partial charge in [0.25, 0.3) is 11.8 Å². The minimum absolute atomic E-state index is 0.0853. The maximum absolute atomic E-state index is 13.4. The number of pyridine rings is 1. The molecule has 2 amide bonds. The summed E-state index contributed by atoms with van der Waals surface area (Å²) in [6, 6.07) is 9.65. The van der Waals surface area contributed by atoms with Gasteiger partial charge < -0.3 is 10.1 Å². The summed E-state index contributed by atoms with van der Waals surface area (Å²) in [6.45, 7) is 2.65. The number of halogens is 4. The molecule has 0 fully saturated rings. The molecule has 1 heterocycles. The Hall–Kier alpha value is -3.80. The number of carbonyl (C=O) groups is 2. The van der Waals surface area contributed by atoms with Crippen molar-refractivity contribution in [2.75, 3.05) is 11.6 Å². The first-order valence-corrected chi connectivity index (χ1v) is 11.8. The molecule has 1 aromatic heterocycles. The molecule has 3 aromatic rings. The number of hydrogen-bond donors (Lipinski definition) is 1. The number of nitrogens with one attached hydrogen (secondary N) is 1. The topological polar surface area (TPSA) is 97.7 Å². The molecule has 0 aliphatic carbocycles. The zero-order valence-electron chi connectivity index (χ0n) is 18.6. The minimum atomic E-state index is -4.78. The Morgan fingerprint density at radius 2 is 1.83 bits per heavy atom. The molecule has 1 N–H and O–H groups in total.